The molecule has 1 aliphatic heterocycles. The molecule has 19 heavy (non-hydrogen) atoms. The third kappa shape index (κ3) is 3.89. The second kappa shape index (κ2) is 6.32. The van der Waals surface area contributed by atoms with E-state index in [1.54, 1.807) is 30.0 Å². The lowest BCUT2D eigenvalue weighted by molar-refractivity contribution is 0.136. The van der Waals surface area contributed by atoms with E-state index in [0.29, 0.717) is 23.8 Å². The van der Waals surface area contributed by atoms with Crippen molar-refractivity contribution in [2.75, 3.05) is 13.1 Å². The summed E-state index contributed by atoms with van der Waals surface area (Å²) in [5.74, 6) is 0. The van der Waals surface area contributed by atoms with E-state index in [1.807, 2.05) is 6.07 Å². The third-order valence-electron chi connectivity index (χ3n) is 3.17. The average Bonchev–Trinajstić information content (AvgIpc) is 2.39. The van der Waals surface area contributed by atoms with Gasteiger partial charge < -0.3 is 20.1 Å². The SMILES string of the molecule is O=C(O)N1CCC(Sc2cccc(B(O)O)c2)CC1. The lowest BCUT2D eigenvalue weighted by atomic mass is 9.80. The van der Waals surface area contributed by atoms with Crippen molar-refractivity contribution in [1.29, 1.82) is 0 Å². The highest BCUT2D eigenvalue weighted by Gasteiger charge is 2.23. The van der Waals surface area contributed by atoms with Crippen LogP contribution in [0.1, 0.15) is 12.8 Å². The highest BCUT2D eigenvalue weighted by molar-refractivity contribution is 8.00. The molecule has 1 aliphatic rings. The fourth-order valence-corrected chi connectivity index (χ4v) is 3.30. The first kappa shape index (κ1) is 14.2. The van der Waals surface area contributed by atoms with E-state index in [4.69, 9.17) is 15.2 Å². The number of rotatable bonds is 3. The smallest absolute Gasteiger partial charge is 0.465 e. The van der Waals surface area contributed by atoms with Gasteiger partial charge in [-0.1, -0.05) is 12.1 Å². The molecule has 0 atom stereocenters. The van der Waals surface area contributed by atoms with Crippen LogP contribution in [0.5, 0.6) is 0 Å². The van der Waals surface area contributed by atoms with Gasteiger partial charge in [0, 0.05) is 23.2 Å². The summed E-state index contributed by atoms with van der Waals surface area (Å²) in [4.78, 5) is 13.2. The Morgan fingerprint density at radius 3 is 2.58 bits per heavy atom. The number of piperidine rings is 1. The van der Waals surface area contributed by atoms with Crippen molar-refractivity contribution in [2.24, 2.45) is 0 Å². The number of nitrogens with zero attached hydrogens (tertiary/aromatic N) is 1. The topological polar surface area (TPSA) is 81.0 Å². The molecule has 0 aromatic heterocycles. The van der Waals surface area contributed by atoms with Gasteiger partial charge in [-0.2, -0.15) is 0 Å². The number of carbonyl (C=O) groups is 1. The molecule has 3 N–H and O–H groups in total. The Morgan fingerprint density at radius 1 is 1.32 bits per heavy atom. The summed E-state index contributed by atoms with van der Waals surface area (Å²) < 4.78 is 0. The Morgan fingerprint density at radius 2 is 2.00 bits per heavy atom. The second-order valence-electron chi connectivity index (χ2n) is 4.53. The van der Waals surface area contributed by atoms with Crippen LogP contribution in [0.15, 0.2) is 29.2 Å². The quantitative estimate of drug-likeness (QED) is 0.707. The van der Waals surface area contributed by atoms with Gasteiger partial charge in [0.05, 0.1) is 0 Å². The molecular weight excluding hydrogens is 265 g/mol. The molecule has 1 aromatic rings. The standard InChI is InChI=1S/C12H16BNO4S/c15-12(16)14-6-4-10(5-7-14)19-11-3-1-2-9(8-11)13(17)18/h1-3,8,10,17-18H,4-7H2,(H,15,16). The molecule has 1 amide bonds. The van der Waals surface area contributed by atoms with Gasteiger partial charge in [0.25, 0.3) is 0 Å². The molecule has 1 fully saturated rings. The van der Waals surface area contributed by atoms with E-state index in [0.717, 1.165) is 17.7 Å². The van der Waals surface area contributed by atoms with Crippen LogP contribution >= 0.6 is 11.8 Å². The molecule has 0 aliphatic carbocycles. The number of hydrogen-bond donors (Lipinski definition) is 3. The number of benzene rings is 1. The third-order valence-corrected chi connectivity index (χ3v) is 4.50. The number of hydrogen-bond acceptors (Lipinski definition) is 4. The number of thioether (sulfide) groups is 1. The molecule has 2 rings (SSSR count). The lowest BCUT2D eigenvalue weighted by Crippen LogP contribution is -2.38. The van der Waals surface area contributed by atoms with Crippen LogP contribution in [0.4, 0.5) is 4.79 Å². The molecule has 0 radical (unpaired) electrons. The van der Waals surface area contributed by atoms with Crippen molar-refractivity contribution >= 4 is 30.4 Å². The molecule has 1 aromatic carbocycles. The predicted molar refractivity (Wildman–Crippen MR) is 74.7 cm³/mol. The maximum absolute atomic E-state index is 10.8. The minimum absolute atomic E-state index is 0.377. The fraction of sp³-hybridized carbons (Fsp3) is 0.417. The summed E-state index contributed by atoms with van der Waals surface area (Å²) in [5, 5.41) is 27.5. The average molecular weight is 281 g/mol. The summed E-state index contributed by atoms with van der Waals surface area (Å²) >= 11 is 1.67. The van der Waals surface area contributed by atoms with Gasteiger partial charge in [0.1, 0.15) is 0 Å². The van der Waals surface area contributed by atoms with E-state index in [1.165, 1.54) is 4.90 Å². The van der Waals surface area contributed by atoms with E-state index < -0.39 is 13.2 Å². The van der Waals surface area contributed by atoms with Gasteiger partial charge >= 0.3 is 13.2 Å². The first-order valence-electron chi connectivity index (χ1n) is 6.17. The van der Waals surface area contributed by atoms with Gasteiger partial charge in [0.15, 0.2) is 0 Å². The van der Waals surface area contributed by atoms with E-state index in [2.05, 4.69) is 0 Å². The molecule has 0 spiro atoms. The van der Waals surface area contributed by atoms with Crippen molar-refractivity contribution < 1.29 is 19.9 Å². The number of likely N-dealkylation sites (tertiary alicyclic amines) is 1. The predicted octanol–water partition coefficient (Wildman–Crippen LogP) is 0.601. The van der Waals surface area contributed by atoms with Crippen molar-refractivity contribution in [3.05, 3.63) is 24.3 Å². The zero-order valence-corrected chi connectivity index (χ0v) is 11.2. The molecule has 1 saturated heterocycles. The van der Waals surface area contributed by atoms with Crippen molar-refractivity contribution in [3.63, 3.8) is 0 Å². The van der Waals surface area contributed by atoms with Gasteiger partial charge in [-0.15, -0.1) is 11.8 Å². The summed E-state index contributed by atoms with van der Waals surface area (Å²) in [6.45, 7) is 1.13. The largest absolute Gasteiger partial charge is 0.488 e. The second-order valence-corrected chi connectivity index (χ2v) is 5.91. The normalized spacial score (nSPS) is 16.4. The van der Waals surface area contributed by atoms with Crippen molar-refractivity contribution in [3.8, 4) is 0 Å². The molecule has 0 saturated carbocycles. The van der Waals surface area contributed by atoms with Crippen molar-refractivity contribution in [2.45, 2.75) is 23.0 Å². The van der Waals surface area contributed by atoms with Gasteiger partial charge in [-0.05, 0) is 30.4 Å². The molecule has 1 heterocycles. The first-order valence-corrected chi connectivity index (χ1v) is 7.05. The van der Waals surface area contributed by atoms with Crippen LogP contribution in [-0.4, -0.2) is 51.6 Å². The number of amides is 1. The molecule has 7 heteroatoms. The lowest BCUT2D eigenvalue weighted by Gasteiger charge is -2.29. The molecular formula is C12H16BNO4S. The van der Waals surface area contributed by atoms with Crippen molar-refractivity contribution in [1.82, 2.24) is 4.90 Å². The first-order chi connectivity index (χ1) is 9.06. The van der Waals surface area contributed by atoms with Gasteiger partial charge in [-0.25, -0.2) is 4.79 Å². The highest BCUT2D eigenvalue weighted by atomic mass is 32.2. The van der Waals surface area contributed by atoms with Crippen LogP contribution in [0.3, 0.4) is 0 Å². The summed E-state index contributed by atoms with van der Waals surface area (Å²) in [6.07, 6.45) is 0.792. The van der Waals surface area contributed by atoms with E-state index in [-0.39, 0.29) is 0 Å². The van der Waals surface area contributed by atoms with Crippen LogP contribution in [-0.2, 0) is 0 Å². The highest BCUT2D eigenvalue weighted by Crippen LogP contribution is 2.29. The van der Waals surface area contributed by atoms with E-state index in [9.17, 15) is 4.79 Å². The van der Waals surface area contributed by atoms with Gasteiger partial charge in [-0.3, -0.25) is 0 Å². The zero-order valence-electron chi connectivity index (χ0n) is 10.4. The minimum atomic E-state index is -1.45. The Hall–Kier alpha value is -1.18. The van der Waals surface area contributed by atoms with Crippen LogP contribution in [0.25, 0.3) is 0 Å². The maximum atomic E-state index is 10.8. The maximum Gasteiger partial charge on any atom is 0.488 e. The van der Waals surface area contributed by atoms with E-state index >= 15 is 0 Å². The molecule has 102 valence electrons. The summed E-state index contributed by atoms with van der Waals surface area (Å²) in [5.41, 5.74) is 0.480. The Balaban J connectivity index is 1.92. The summed E-state index contributed by atoms with van der Waals surface area (Å²) in [7, 11) is -1.45. The minimum Gasteiger partial charge on any atom is -0.465 e. The Labute approximate surface area is 116 Å². The molecule has 0 bridgehead atoms. The van der Waals surface area contributed by atoms with Crippen LogP contribution in [0.2, 0.25) is 0 Å². The Bertz CT molecular complexity index is 449. The van der Waals surface area contributed by atoms with Gasteiger partial charge in [0.2, 0.25) is 0 Å². The van der Waals surface area contributed by atoms with Crippen LogP contribution < -0.4 is 5.46 Å². The number of carboxylic acid groups (broad SMARTS) is 1. The van der Waals surface area contributed by atoms with Crippen LogP contribution in [0, 0.1) is 0 Å². The fourth-order valence-electron chi connectivity index (χ4n) is 2.11. The molecule has 0 unspecified atom stereocenters. The molecule has 5 nitrogen and oxygen atoms in total. The summed E-state index contributed by atoms with van der Waals surface area (Å²) in [6, 6.07) is 7.16. The monoisotopic (exact) mass is 281 g/mol. The Kier molecular flexibility index (Phi) is 4.73. The zero-order chi connectivity index (χ0) is 13.8.